The Morgan fingerprint density at radius 3 is 0.620 bits per heavy atom. The Bertz CT molecular complexity index is 9270. The molecule has 0 spiro atoms. The maximum atomic E-state index is 5.37. The van der Waals surface area contributed by atoms with Crippen LogP contribution in [0, 0.1) is 0 Å². The smallest absolute Gasteiger partial charge is 0.238 e. The molecule has 30 rings (SSSR count). The summed E-state index contributed by atoms with van der Waals surface area (Å²) < 4.78 is 14.0. The van der Waals surface area contributed by atoms with Crippen LogP contribution in [-0.2, 0) is 0 Å². The minimum atomic E-state index is 0.582. The van der Waals surface area contributed by atoms with Gasteiger partial charge in [0.05, 0.1) is 83.3 Å². The van der Waals surface area contributed by atoms with Crippen molar-refractivity contribution in [3.05, 3.63) is 546 Å². The first-order chi connectivity index (χ1) is 74.4. The lowest BCUT2D eigenvalue weighted by molar-refractivity contribution is 0.953. The van der Waals surface area contributed by atoms with Crippen molar-refractivity contribution in [1.29, 1.82) is 0 Å². The Hall–Kier alpha value is -20.3. The fraction of sp³-hybridized carbons (Fsp3) is 0. The lowest BCUT2D eigenvalue weighted by Gasteiger charge is -2.13. The average molecular weight is 1920 g/mol. The van der Waals surface area contributed by atoms with Gasteiger partial charge in [0.15, 0.2) is 11.6 Å². The largest absolute Gasteiger partial charge is 0.309 e. The van der Waals surface area contributed by atoms with Gasteiger partial charge in [0.1, 0.15) is 5.82 Å². The molecule has 9 aromatic heterocycles. The summed E-state index contributed by atoms with van der Waals surface area (Å²) in [7, 11) is 0. The van der Waals surface area contributed by atoms with Crippen LogP contribution in [0.15, 0.2) is 546 Å². The molecule has 150 heavy (non-hydrogen) atoms. The average Bonchev–Trinajstić information content (AvgIpc) is 1.56. The molecule has 30 aromatic rings. The molecule has 0 N–H and O–H groups in total. The summed E-state index contributed by atoms with van der Waals surface area (Å²) in [6.07, 6.45) is 0. The summed E-state index contributed by atoms with van der Waals surface area (Å²) in [5.41, 5.74) is 34.1. The van der Waals surface area contributed by atoms with Gasteiger partial charge in [-0.25, -0.2) is 19.9 Å². The topological polar surface area (TPSA) is 107 Å². The molecule has 0 radical (unpaired) electrons. The van der Waals surface area contributed by atoms with Gasteiger partial charge in [-0.1, -0.05) is 419 Å². The van der Waals surface area contributed by atoms with E-state index in [9.17, 15) is 0 Å². The van der Waals surface area contributed by atoms with Crippen molar-refractivity contribution in [3.63, 3.8) is 0 Å². The number of hydrogen-bond donors (Lipinski definition) is 0. The van der Waals surface area contributed by atoms with Gasteiger partial charge in [0.25, 0.3) is 0 Å². The molecule has 0 saturated heterocycles. The van der Waals surface area contributed by atoms with Gasteiger partial charge in [0.2, 0.25) is 11.9 Å². The van der Waals surface area contributed by atoms with Crippen LogP contribution in [0.25, 0.3) is 267 Å². The molecule has 0 bridgehead atoms. The normalized spacial score (nSPS) is 11.6. The molecule has 0 saturated carbocycles. The van der Waals surface area contributed by atoms with Gasteiger partial charge >= 0.3 is 0 Å². The van der Waals surface area contributed by atoms with Gasteiger partial charge in [-0.15, -0.1) is 0 Å². The summed E-state index contributed by atoms with van der Waals surface area (Å²) in [5.74, 6) is 3.39. The summed E-state index contributed by atoms with van der Waals surface area (Å²) in [5, 5.41) is 14.4. The molecule has 0 amide bonds. The number of aromatic nitrogens is 12. The highest BCUT2D eigenvalue weighted by atomic mass is 15.2. The van der Waals surface area contributed by atoms with Crippen LogP contribution in [0.3, 0.4) is 0 Å². The van der Waals surface area contributed by atoms with Crippen LogP contribution in [0.4, 0.5) is 0 Å². The Balaban J connectivity index is 0.000000108. The molecule has 0 aliphatic rings. The zero-order chi connectivity index (χ0) is 99.1. The third-order valence-corrected chi connectivity index (χ3v) is 29.3. The summed E-state index contributed by atoms with van der Waals surface area (Å²) >= 11 is 0. The predicted molar refractivity (Wildman–Crippen MR) is 621 cm³/mol. The number of benzene rings is 21. The minimum Gasteiger partial charge on any atom is -0.309 e. The third kappa shape index (κ3) is 15.5. The Kier molecular flexibility index (Phi) is 21.6. The van der Waals surface area contributed by atoms with Crippen molar-refractivity contribution in [2.45, 2.75) is 0 Å². The van der Waals surface area contributed by atoms with Gasteiger partial charge in [-0.3, -0.25) is 13.7 Å². The first-order valence-electron chi connectivity index (χ1n) is 50.8. The Labute approximate surface area is 863 Å². The van der Waals surface area contributed by atoms with E-state index in [1.807, 2.05) is 72.8 Å². The number of rotatable bonds is 15. The predicted octanol–water partition coefficient (Wildman–Crippen LogP) is 35.0. The van der Waals surface area contributed by atoms with E-state index in [0.29, 0.717) is 23.5 Å². The Morgan fingerprint density at radius 1 is 0.113 bits per heavy atom. The summed E-state index contributed by atoms with van der Waals surface area (Å²) in [6, 6.07) is 193. The zero-order valence-corrected chi connectivity index (χ0v) is 81.3. The molecule has 12 heteroatoms. The number of nitrogens with zero attached hydrogens (tertiary/aromatic N) is 12. The van der Waals surface area contributed by atoms with E-state index in [1.54, 1.807) is 0 Å². The zero-order valence-electron chi connectivity index (χ0n) is 81.3. The van der Waals surface area contributed by atoms with Crippen molar-refractivity contribution < 1.29 is 0 Å². The van der Waals surface area contributed by atoms with Crippen molar-refractivity contribution in [2.24, 2.45) is 0 Å². The summed E-state index contributed by atoms with van der Waals surface area (Å²) in [6.45, 7) is 0. The molecule has 12 nitrogen and oxygen atoms in total. The SMILES string of the molecule is c1ccc(-c2ccc(-n3c4ccccc4c4cc5c6ccccc6n(-c6cc(-c7ccccc7)cc(-c7ccccc7)n6)c5cc43)cc2)cc1.c1ccc(-c2ccc(-n3c4ccccc4c4cc5c6ccccc6n(-c6nc(-c7ccccc7)cc(-c7ccccc7)n6)c5cc43)cc2)cc1.c1ccc(-c2ccc(-n3c4ccccc4c4cc5c6ccccc6n(-c6nc(-c7ccccc7)nc(-c7ccccc7)n6)c5cc43)cc2)cc1. The summed E-state index contributed by atoms with van der Waals surface area (Å²) in [4.78, 5) is 31.1. The second-order valence-electron chi connectivity index (χ2n) is 38.0. The number of pyridine rings is 1. The van der Waals surface area contributed by atoms with E-state index < -0.39 is 0 Å². The minimum absolute atomic E-state index is 0.582. The van der Waals surface area contributed by atoms with Crippen LogP contribution < -0.4 is 0 Å². The van der Waals surface area contributed by atoms with Crippen molar-refractivity contribution in [2.75, 3.05) is 0 Å². The van der Waals surface area contributed by atoms with E-state index >= 15 is 0 Å². The number of hydrogen-bond acceptors (Lipinski definition) is 6. The molecule has 702 valence electrons. The molecular weight excluding hydrogens is 1830 g/mol. The lowest BCUT2D eigenvalue weighted by Crippen LogP contribution is -2.06. The van der Waals surface area contributed by atoms with Crippen LogP contribution in [0.1, 0.15) is 0 Å². The number of para-hydroxylation sites is 6. The molecular formula is C138H90N12. The molecule has 9 heterocycles. The van der Waals surface area contributed by atoms with E-state index in [-0.39, 0.29) is 0 Å². The van der Waals surface area contributed by atoms with Crippen molar-refractivity contribution >= 4 is 131 Å². The fourth-order valence-electron chi connectivity index (χ4n) is 22.2. The fourth-order valence-corrected chi connectivity index (χ4v) is 22.2. The number of fused-ring (bicyclic) bond motifs is 18. The van der Waals surface area contributed by atoms with E-state index in [1.165, 1.54) is 98.3 Å². The maximum Gasteiger partial charge on any atom is 0.238 e. The van der Waals surface area contributed by atoms with Gasteiger partial charge in [0, 0.05) is 110 Å². The maximum absolute atomic E-state index is 5.37. The van der Waals surface area contributed by atoms with Gasteiger partial charge in [-0.05, 0) is 172 Å². The first-order valence-corrected chi connectivity index (χ1v) is 50.8. The quantitative estimate of drug-likeness (QED) is 0.101. The van der Waals surface area contributed by atoms with E-state index in [2.05, 4.69) is 501 Å². The van der Waals surface area contributed by atoms with Crippen LogP contribution >= 0.6 is 0 Å². The second kappa shape index (κ2) is 37.1. The standard InChI is InChI=1S/C47H31N3.C46H30N4.C45H29N5/c1-4-14-32(15-5-1)34-24-26-37(27-25-34)49-43-22-12-10-20-38(43)40-30-41-39-21-11-13-23-44(39)50(46(41)31-45(40)49)47-29-36(33-16-6-2-7-17-33)28-42(48-47)35-18-8-3-9-19-35;1-4-14-31(15-5-1)32-24-26-35(27-25-32)49-42-22-12-10-20-36(42)38-28-39-37-21-11-13-23-43(37)50(45(39)30-44(38)49)46-47-40(33-16-6-2-7-17-33)29-41(48-46)34-18-8-3-9-19-34;1-4-14-30(15-5-1)31-24-26-34(27-25-31)49-39-22-12-10-20-35(39)37-28-38-36-21-11-13-23-40(36)50(42(38)29-41(37)49)45-47-43(32-16-6-2-7-17-32)46-44(48-45)33-18-8-3-9-19-33/h1-31H;1-30H;1-29H. The highest BCUT2D eigenvalue weighted by Gasteiger charge is 2.27. The molecule has 0 aliphatic carbocycles. The van der Waals surface area contributed by atoms with Crippen LogP contribution in [-0.4, -0.2) is 57.3 Å². The van der Waals surface area contributed by atoms with Gasteiger partial charge < -0.3 is 13.7 Å². The van der Waals surface area contributed by atoms with Crippen LogP contribution in [0.5, 0.6) is 0 Å². The molecule has 0 aliphatic heterocycles. The molecule has 21 aromatic carbocycles. The molecule has 0 unspecified atom stereocenters. The first kappa shape index (κ1) is 87.5. The Morgan fingerprint density at radius 2 is 0.327 bits per heavy atom. The van der Waals surface area contributed by atoms with Gasteiger partial charge in [-0.2, -0.15) is 9.97 Å². The van der Waals surface area contributed by atoms with E-state index in [4.69, 9.17) is 29.9 Å². The highest BCUT2D eigenvalue weighted by Crippen LogP contribution is 2.47. The lowest BCUT2D eigenvalue weighted by atomic mass is 10.0. The van der Waals surface area contributed by atoms with Crippen molar-refractivity contribution in [1.82, 2.24) is 57.3 Å². The molecule has 0 fully saturated rings. The monoisotopic (exact) mass is 1910 g/mol. The molecule has 0 atom stereocenters. The highest BCUT2D eigenvalue weighted by molar-refractivity contribution is 6.23. The second-order valence-corrected chi connectivity index (χ2v) is 38.0. The van der Waals surface area contributed by atoms with Crippen molar-refractivity contribution in [3.8, 4) is 136 Å². The van der Waals surface area contributed by atoms with Crippen LogP contribution in [0.2, 0.25) is 0 Å². The third-order valence-electron chi connectivity index (χ3n) is 29.3. The van der Waals surface area contributed by atoms with E-state index in [0.717, 1.165) is 145 Å².